The molecule has 3 aromatic rings. The third kappa shape index (κ3) is 3.04. The molecule has 0 fully saturated rings. The second-order valence-corrected chi connectivity index (χ2v) is 7.12. The van der Waals surface area contributed by atoms with Crippen molar-refractivity contribution in [3.05, 3.63) is 54.4 Å². The van der Waals surface area contributed by atoms with Gasteiger partial charge in [0.05, 0.1) is 19.2 Å². The Hall–Kier alpha value is -3.20. The van der Waals surface area contributed by atoms with Gasteiger partial charge in [-0.25, -0.2) is 0 Å². The molecule has 8 nitrogen and oxygen atoms in total. The maximum absolute atomic E-state index is 12.3. The van der Waals surface area contributed by atoms with Crippen molar-refractivity contribution in [2.75, 3.05) is 12.4 Å². The number of fused-ring (bicyclic) bond motifs is 1. The van der Waals surface area contributed by atoms with Gasteiger partial charge < -0.3 is 14.6 Å². The predicted molar refractivity (Wildman–Crippen MR) is 94.7 cm³/mol. The zero-order valence-electron chi connectivity index (χ0n) is 13.7. The highest BCUT2D eigenvalue weighted by molar-refractivity contribution is 7.90. The summed E-state index contributed by atoms with van der Waals surface area (Å²) in [6, 6.07) is 13.8. The number of para-hydroxylation sites is 1. The van der Waals surface area contributed by atoms with Crippen LogP contribution in [0, 0.1) is 0 Å². The van der Waals surface area contributed by atoms with E-state index in [0.29, 0.717) is 11.5 Å². The lowest BCUT2D eigenvalue weighted by atomic mass is 10.2. The molecular weight excluding hydrogens is 356 g/mol. The number of nitrogens with zero attached hydrogens (tertiary/aromatic N) is 3. The molecule has 0 radical (unpaired) electrons. The van der Waals surface area contributed by atoms with Crippen molar-refractivity contribution < 1.29 is 17.7 Å². The minimum absolute atomic E-state index is 0.0801. The molecule has 0 saturated heterocycles. The molecule has 0 unspecified atom stereocenters. The number of aromatic nitrogens is 2. The van der Waals surface area contributed by atoms with Gasteiger partial charge in [0.15, 0.2) is 0 Å². The first-order valence-electron chi connectivity index (χ1n) is 7.72. The Morgan fingerprint density at radius 3 is 2.65 bits per heavy atom. The van der Waals surface area contributed by atoms with Crippen molar-refractivity contribution >= 4 is 21.5 Å². The molecular formula is C17H14N4O4S. The fourth-order valence-electron chi connectivity index (χ4n) is 2.57. The summed E-state index contributed by atoms with van der Waals surface area (Å²) in [6.07, 6.45) is 0.0801. The lowest BCUT2D eigenvalue weighted by Gasteiger charge is -2.16. The Morgan fingerprint density at radius 2 is 1.88 bits per heavy atom. The monoisotopic (exact) mass is 370 g/mol. The van der Waals surface area contributed by atoms with Crippen molar-refractivity contribution in [3.8, 4) is 17.1 Å². The van der Waals surface area contributed by atoms with Gasteiger partial charge in [0.2, 0.25) is 11.7 Å². The number of nitrogens with one attached hydrogen (secondary N) is 1. The van der Waals surface area contributed by atoms with Gasteiger partial charge in [-0.05, 0) is 36.4 Å². The fraction of sp³-hybridized carbons (Fsp3) is 0.118. The molecule has 0 spiro atoms. The summed E-state index contributed by atoms with van der Waals surface area (Å²) in [6.45, 7) is 0. The highest BCUT2D eigenvalue weighted by atomic mass is 32.2. The summed E-state index contributed by atoms with van der Waals surface area (Å²) in [5.74, 6) is 1.62. The molecule has 0 saturated carbocycles. The van der Waals surface area contributed by atoms with E-state index in [-0.39, 0.29) is 23.0 Å². The Morgan fingerprint density at radius 1 is 1.12 bits per heavy atom. The number of sulfonamides is 1. The average Bonchev–Trinajstić information content (AvgIpc) is 3.10. The van der Waals surface area contributed by atoms with Crippen molar-refractivity contribution in [3.63, 3.8) is 0 Å². The van der Waals surface area contributed by atoms with Gasteiger partial charge >= 0.3 is 0 Å². The number of rotatable bonds is 4. The molecule has 1 aliphatic heterocycles. The number of hydrogen-bond donors (Lipinski definition) is 1. The minimum Gasteiger partial charge on any atom is -0.497 e. The van der Waals surface area contributed by atoms with Gasteiger partial charge in [-0.15, -0.1) is 4.40 Å². The number of methoxy groups -OCH3 is 1. The molecule has 0 atom stereocenters. The van der Waals surface area contributed by atoms with Crippen LogP contribution >= 0.6 is 0 Å². The maximum atomic E-state index is 12.3. The number of anilines is 1. The molecule has 0 bridgehead atoms. The van der Waals surface area contributed by atoms with Gasteiger partial charge in [0.25, 0.3) is 10.0 Å². The summed E-state index contributed by atoms with van der Waals surface area (Å²) >= 11 is 0. The lowest BCUT2D eigenvalue weighted by molar-refractivity contribution is 0.389. The Labute approximate surface area is 149 Å². The second-order valence-electron chi connectivity index (χ2n) is 5.55. The van der Waals surface area contributed by atoms with Crippen LogP contribution in [0.25, 0.3) is 11.4 Å². The van der Waals surface area contributed by atoms with Crippen LogP contribution in [0.1, 0.15) is 5.89 Å². The molecule has 9 heteroatoms. The second kappa shape index (κ2) is 6.26. The third-order valence-corrected chi connectivity index (χ3v) is 5.18. The molecule has 1 aromatic heterocycles. The minimum atomic E-state index is -3.74. The van der Waals surface area contributed by atoms with Gasteiger partial charge in [0, 0.05) is 5.56 Å². The first kappa shape index (κ1) is 16.3. The summed E-state index contributed by atoms with van der Waals surface area (Å²) in [5.41, 5.74) is 1.24. The van der Waals surface area contributed by atoms with Crippen LogP contribution < -0.4 is 10.1 Å². The Balaban J connectivity index is 1.57. The lowest BCUT2D eigenvalue weighted by Crippen LogP contribution is -2.23. The van der Waals surface area contributed by atoms with E-state index in [9.17, 15) is 8.42 Å². The van der Waals surface area contributed by atoms with Gasteiger partial charge in [-0.2, -0.15) is 13.4 Å². The smallest absolute Gasteiger partial charge is 0.286 e. The standard InChI is InChI=1S/C17H14N4O4S/c1-24-12-8-6-11(7-9-12)17-19-16(25-20-17)10-15-18-13-4-2-3-5-14(13)26(22,23)21-15/h2-9H,10H2,1H3,(H,18,21). The van der Waals surface area contributed by atoms with Crippen LogP contribution in [0.4, 0.5) is 5.69 Å². The van der Waals surface area contributed by atoms with Crippen molar-refractivity contribution in [1.82, 2.24) is 10.1 Å². The van der Waals surface area contributed by atoms with E-state index in [0.717, 1.165) is 11.3 Å². The van der Waals surface area contributed by atoms with Gasteiger partial charge in [0.1, 0.15) is 16.5 Å². The predicted octanol–water partition coefficient (Wildman–Crippen LogP) is 2.50. The molecule has 1 aliphatic rings. The Kier molecular flexibility index (Phi) is 3.92. The zero-order valence-corrected chi connectivity index (χ0v) is 14.5. The van der Waals surface area contributed by atoms with Gasteiger partial charge in [-0.3, -0.25) is 0 Å². The van der Waals surface area contributed by atoms with Crippen LogP contribution in [0.5, 0.6) is 5.75 Å². The van der Waals surface area contributed by atoms with E-state index >= 15 is 0 Å². The summed E-state index contributed by atoms with van der Waals surface area (Å²) < 4.78 is 38.6. The molecule has 4 rings (SSSR count). The van der Waals surface area contributed by atoms with Crippen LogP contribution in [0.3, 0.4) is 0 Å². The molecule has 1 N–H and O–H groups in total. The molecule has 26 heavy (non-hydrogen) atoms. The SMILES string of the molecule is COc1ccc(-c2noc(CC3=NS(=O)(=O)c4ccccc4N3)n2)cc1. The number of amidine groups is 1. The first-order chi connectivity index (χ1) is 12.5. The average molecular weight is 370 g/mol. The molecule has 132 valence electrons. The highest BCUT2D eigenvalue weighted by Gasteiger charge is 2.25. The molecule has 0 amide bonds. The highest BCUT2D eigenvalue weighted by Crippen LogP contribution is 2.27. The normalized spacial score (nSPS) is 14.9. The third-order valence-electron chi connectivity index (χ3n) is 3.81. The largest absolute Gasteiger partial charge is 0.497 e. The van der Waals surface area contributed by atoms with E-state index in [1.807, 2.05) is 12.1 Å². The van der Waals surface area contributed by atoms with E-state index in [4.69, 9.17) is 9.26 Å². The quantitative estimate of drug-likeness (QED) is 0.752. The Bertz CT molecular complexity index is 1090. The number of hydrogen-bond acceptors (Lipinski definition) is 7. The van der Waals surface area contributed by atoms with Crippen LogP contribution in [0.2, 0.25) is 0 Å². The number of benzene rings is 2. The summed E-state index contributed by atoms with van der Waals surface area (Å²) in [4.78, 5) is 4.45. The van der Waals surface area contributed by atoms with Crippen molar-refractivity contribution in [1.29, 1.82) is 0 Å². The molecule has 2 aromatic carbocycles. The van der Waals surface area contributed by atoms with E-state index in [2.05, 4.69) is 19.9 Å². The van der Waals surface area contributed by atoms with Gasteiger partial charge in [-0.1, -0.05) is 17.3 Å². The van der Waals surface area contributed by atoms with Crippen molar-refractivity contribution in [2.45, 2.75) is 11.3 Å². The van der Waals surface area contributed by atoms with Crippen molar-refractivity contribution in [2.24, 2.45) is 4.40 Å². The zero-order chi connectivity index (χ0) is 18.1. The number of ether oxygens (including phenoxy) is 1. The van der Waals surface area contributed by atoms with E-state index < -0.39 is 10.0 Å². The van der Waals surface area contributed by atoms with E-state index in [1.165, 1.54) is 6.07 Å². The summed E-state index contributed by atoms with van der Waals surface area (Å²) in [5, 5.41) is 6.92. The first-order valence-corrected chi connectivity index (χ1v) is 9.16. The van der Waals surface area contributed by atoms with E-state index in [1.54, 1.807) is 37.4 Å². The topological polar surface area (TPSA) is 107 Å². The molecule has 2 heterocycles. The summed E-state index contributed by atoms with van der Waals surface area (Å²) in [7, 11) is -2.15. The van der Waals surface area contributed by atoms with Crippen LogP contribution in [-0.2, 0) is 16.4 Å². The van der Waals surface area contributed by atoms with Crippen LogP contribution in [-0.4, -0.2) is 31.5 Å². The fourth-order valence-corrected chi connectivity index (χ4v) is 3.72. The maximum Gasteiger partial charge on any atom is 0.286 e. The van der Waals surface area contributed by atoms with Crippen LogP contribution in [0.15, 0.2) is 62.3 Å². The molecule has 0 aliphatic carbocycles.